The zero-order valence-electron chi connectivity index (χ0n) is 19.0. The second-order valence-corrected chi connectivity index (χ2v) is 8.37. The number of amides is 1. The number of benzene rings is 1. The molecule has 4 rings (SSSR count). The van der Waals surface area contributed by atoms with Crippen LogP contribution in [0, 0.1) is 0 Å². The van der Waals surface area contributed by atoms with E-state index in [1.807, 2.05) is 4.90 Å². The van der Waals surface area contributed by atoms with Crippen LogP contribution < -0.4 is 4.90 Å². The van der Waals surface area contributed by atoms with E-state index in [1.165, 1.54) is 17.4 Å². The van der Waals surface area contributed by atoms with Crippen LogP contribution in [-0.4, -0.2) is 70.5 Å². The van der Waals surface area contributed by atoms with Gasteiger partial charge in [0, 0.05) is 36.9 Å². The van der Waals surface area contributed by atoms with Crippen molar-refractivity contribution in [1.82, 2.24) is 15.1 Å². The molecule has 1 fully saturated rings. The average molecular weight is 480 g/mol. The predicted octanol–water partition coefficient (Wildman–Crippen LogP) is 3.49. The van der Waals surface area contributed by atoms with E-state index >= 15 is 0 Å². The Morgan fingerprint density at radius 3 is 2.29 bits per heavy atom. The molecular weight excluding hydrogens is 453 g/mol. The molecule has 0 bridgehead atoms. The minimum absolute atomic E-state index is 0.0189. The summed E-state index contributed by atoms with van der Waals surface area (Å²) in [7, 11) is 0. The molecule has 1 N–H and O–H groups in total. The molecule has 0 unspecified atom stereocenters. The highest BCUT2D eigenvalue weighted by atomic mass is 19.4. The summed E-state index contributed by atoms with van der Waals surface area (Å²) >= 11 is 0. The lowest BCUT2D eigenvalue weighted by molar-refractivity contribution is -0.192. The van der Waals surface area contributed by atoms with E-state index in [0.717, 1.165) is 19.4 Å². The minimum Gasteiger partial charge on any atom is -0.475 e. The van der Waals surface area contributed by atoms with E-state index in [-0.39, 0.29) is 11.5 Å². The number of anilines is 1. The van der Waals surface area contributed by atoms with Crippen molar-refractivity contribution in [3.63, 3.8) is 0 Å². The third-order valence-electron chi connectivity index (χ3n) is 5.97. The van der Waals surface area contributed by atoms with Gasteiger partial charge < -0.3 is 19.6 Å². The van der Waals surface area contributed by atoms with Crippen molar-refractivity contribution in [2.75, 3.05) is 31.1 Å². The lowest BCUT2D eigenvalue weighted by Gasteiger charge is -2.42. The third-order valence-corrected chi connectivity index (χ3v) is 5.97. The van der Waals surface area contributed by atoms with Crippen LogP contribution in [0.4, 0.5) is 18.9 Å². The molecule has 1 saturated heterocycles. The maximum Gasteiger partial charge on any atom is 0.490 e. The SMILES string of the molecule is CC(C)N1CCOC2(CCN(C(=O)c3ccnnc3)CC2)c2ccccc21.O=C(O)C(F)(F)F. The first-order chi connectivity index (χ1) is 16.0. The fourth-order valence-electron chi connectivity index (χ4n) is 4.27. The summed E-state index contributed by atoms with van der Waals surface area (Å²) in [6.45, 7) is 7.39. The zero-order valence-corrected chi connectivity index (χ0v) is 19.0. The lowest BCUT2D eigenvalue weighted by atomic mass is 9.82. The number of ether oxygens (including phenoxy) is 1. The molecule has 0 aliphatic carbocycles. The first-order valence-electron chi connectivity index (χ1n) is 10.9. The van der Waals surface area contributed by atoms with Crippen LogP contribution in [-0.2, 0) is 15.1 Å². The number of nitrogens with zero attached hydrogens (tertiary/aromatic N) is 4. The topological polar surface area (TPSA) is 95.9 Å². The monoisotopic (exact) mass is 480 g/mol. The first-order valence-corrected chi connectivity index (χ1v) is 10.9. The average Bonchev–Trinajstić information content (AvgIpc) is 2.97. The van der Waals surface area contributed by atoms with Gasteiger partial charge in [-0.15, -0.1) is 0 Å². The Kier molecular flexibility index (Phi) is 7.75. The zero-order chi connectivity index (χ0) is 24.9. The summed E-state index contributed by atoms with van der Waals surface area (Å²) in [6.07, 6.45) is -0.380. The van der Waals surface area contributed by atoms with E-state index in [4.69, 9.17) is 14.6 Å². The molecule has 0 radical (unpaired) electrons. The van der Waals surface area contributed by atoms with Crippen molar-refractivity contribution < 1.29 is 32.6 Å². The molecule has 1 aromatic heterocycles. The number of aromatic nitrogens is 2. The second kappa shape index (κ2) is 10.4. The number of hydrogen-bond donors (Lipinski definition) is 1. The van der Waals surface area contributed by atoms with Crippen molar-refractivity contribution in [1.29, 1.82) is 0 Å². The Bertz CT molecular complexity index is 993. The number of fused-ring (bicyclic) bond motifs is 2. The van der Waals surface area contributed by atoms with Gasteiger partial charge in [-0.05, 0) is 38.8 Å². The van der Waals surface area contributed by atoms with Gasteiger partial charge in [0.2, 0.25) is 0 Å². The van der Waals surface area contributed by atoms with Gasteiger partial charge in [0.1, 0.15) is 0 Å². The van der Waals surface area contributed by atoms with Crippen molar-refractivity contribution in [2.45, 2.75) is 44.5 Å². The van der Waals surface area contributed by atoms with Gasteiger partial charge in [-0.2, -0.15) is 23.4 Å². The molecule has 11 heteroatoms. The van der Waals surface area contributed by atoms with Gasteiger partial charge in [0.05, 0.1) is 30.2 Å². The highest BCUT2D eigenvalue weighted by molar-refractivity contribution is 5.93. The standard InChI is InChI=1S/C21H26N4O2.C2HF3O2/c1-16(2)25-13-14-27-21(18-5-3-4-6-19(18)25)8-11-24(12-9-21)20(26)17-7-10-22-23-15-17;3-2(4,5)1(6)7/h3-7,10,15-16H,8-9,11-14H2,1-2H3;(H,6,7). The molecule has 0 saturated carbocycles. The first kappa shape index (κ1) is 25.4. The number of carboxylic acids is 1. The summed E-state index contributed by atoms with van der Waals surface area (Å²) in [5, 5.41) is 14.7. The van der Waals surface area contributed by atoms with Gasteiger partial charge in [-0.25, -0.2) is 4.79 Å². The maximum atomic E-state index is 12.7. The van der Waals surface area contributed by atoms with Crippen LogP contribution in [0.3, 0.4) is 0 Å². The Labute approximate surface area is 195 Å². The van der Waals surface area contributed by atoms with E-state index in [9.17, 15) is 18.0 Å². The summed E-state index contributed by atoms with van der Waals surface area (Å²) in [5.74, 6) is -2.74. The summed E-state index contributed by atoms with van der Waals surface area (Å²) in [6, 6.07) is 10.7. The maximum absolute atomic E-state index is 12.7. The molecule has 3 heterocycles. The van der Waals surface area contributed by atoms with E-state index < -0.39 is 12.1 Å². The van der Waals surface area contributed by atoms with Crippen LogP contribution >= 0.6 is 0 Å². The summed E-state index contributed by atoms with van der Waals surface area (Å²) in [5.41, 5.74) is 2.80. The number of para-hydroxylation sites is 1. The molecule has 8 nitrogen and oxygen atoms in total. The van der Waals surface area contributed by atoms with Crippen LogP contribution in [0.15, 0.2) is 42.7 Å². The fraction of sp³-hybridized carbons (Fsp3) is 0.478. The third kappa shape index (κ3) is 5.64. The number of piperidine rings is 1. The van der Waals surface area contributed by atoms with Crippen molar-refractivity contribution in [2.24, 2.45) is 0 Å². The van der Waals surface area contributed by atoms with Crippen molar-refractivity contribution in [3.8, 4) is 0 Å². The van der Waals surface area contributed by atoms with Crippen molar-refractivity contribution >= 4 is 17.6 Å². The molecule has 2 aromatic rings. The number of rotatable bonds is 2. The van der Waals surface area contributed by atoms with Crippen molar-refractivity contribution in [3.05, 3.63) is 53.9 Å². The van der Waals surface area contributed by atoms with Crippen LogP contribution in [0.25, 0.3) is 0 Å². The van der Waals surface area contributed by atoms with Gasteiger partial charge in [0.15, 0.2) is 0 Å². The van der Waals surface area contributed by atoms with E-state index in [1.54, 1.807) is 12.3 Å². The second-order valence-electron chi connectivity index (χ2n) is 8.37. The number of alkyl halides is 3. The number of aliphatic carboxylic acids is 1. The molecular formula is C23H27F3N4O4. The molecule has 184 valence electrons. The van der Waals surface area contributed by atoms with Gasteiger partial charge in [-0.1, -0.05) is 18.2 Å². The molecule has 2 aliphatic heterocycles. The number of hydrogen-bond acceptors (Lipinski definition) is 6. The molecule has 1 spiro atoms. The lowest BCUT2D eigenvalue weighted by Crippen LogP contribution is -2.46. The smallest absolute Gasteiger partial charge is 0.475 e. The number of carboxylic acid groups (broad SMARTS) is 1. The Balaban J connectivity index is 0.000000406. The largest absolute Gasteiger partial charge is 0.490 e. The predicted molar refractivity (Wildman–Crippen MR) is 117 cm³/mol. The Hall–Kier alpha value is -3.21. The highest BCUT2D eigenvalue weighted by Gasteiger charge is 2.42. The molecule has 2 aliphatic rings. The molecule has 34 heavy (non-hydrogen) atoms. The van der Waals surface area contributed by atoms with Gasteiger partial charge in [-0.3, -0.25) is 4.79 Å². The molecule has 0 atom stereocenters. The highest BCUT2D eigenvalue weighted by Crippen LogP contribution is 2.43. The van der Waals surface area contributed by atoms with E-state index in [0.29, 0.717) is 31.3 Å². The van der Waals surface area contributed by atoms with Crippen LogP contribution in [0.1, 0.15) is 42.6 Å². The van der Waals surface area contributed by atoms with E-state index in [2.05, 4.69) is 53.2 Å². The Morgan fingerprint density at radius 2 is 1.74 bits per heavy atom. The number of carbonyl (C=O) groups excluding carboxylic acids is 1. The van der Waals surface area contributed by atoms with Crippen LogP contribution in [0.5, 0.6) is 0 Å². The molecule has 1 amide bonds. The van der Waals surface area contributed by atoms with Gasteiger partial charge >= 0.3 is 12.1 Å². The summed E-state index contributed by atoms with van der Waals surface area (Å²) in [4.78, 5) is 26.0. The number of carbonyl (C=O) groups is 2. The number of likely N-dealkylation sites (tertiary alicyclic amines) is 1. The van der Waals surface area contributed by atoms with Gasteiger partial charge in [0.25, 0.3) is 5.91 Å². The fourth-order valence-corrected chi connectivity index (χ4v) is 4.27. The number of halogens is 3. The normalized spacial score (nSPS) is 17.5. The summed E-state index contributed by atoms with van der Waals surface area (Å²) < 4.78 is 38.2. The quantitative estimate of drug-likeness (QED) is 0.703. The van der Waals surface area contributed by atoms with Crippen LogP contribution in [0.2, 0.25) is 0 Å². The molecule has 1 aromatic carbocycles. The minimum atomic E-state index is -5.08. The Morgan fingerprint density at radius 1 is 1.09 bits per heavy atom.